The minimum absolute atomic E-state index is 0.799. The normalized spacial score (nSPS) is 23.2. The van der Waals surface area contributed by atoms with Crippen molar-refractivity contribution in [1.29, 1.82) is 0 Å². The zero-order valence-electron chi connectivity index (χ0n) is 7.69. The highest BCUT2D eigenvalue weighted by Crippen LogP contribution is 2.08. The van der Waals surface area contributed by atoms with Gasteiger partial charge in [-0.3, -0.25) is 0 Å². The number of hydrogen-bond donors (Lipinski definition) is 2. The van der Waals surface area contributed by atoms with E-state index in [0.717, 1.165) is 11.8 Å². The number of rotatable bonds is 1. The fourth-order valence-electron chi connectivity index (χ4n) is 1.46. The molecular weight excluding hydrogens is 136 g/mol. The Morgan fingerprint density at radius 2 is 1.64 bits per heavy atom. The van der Waals surface area contributed by atoms with Crippen LogP contribution in [0.4, 0.5) is 0 Å². The predicted octanol–water partition coefficient (Wildman–Crippen LogP) is 0.842. The first-order valence-electron chi connectivity index (χ1n) is 4.72. The van der Waals surface area contributed by atoms with Gasteiger partial charge in [0.1, 0.15) is 0 Å². The molecule has 1 saturated heterocycles. The van der Waals surface area contributed by atoms with Crippen LogP contribution in [0.5, 0.6) is 0 Å². The maximum Gasteiger partial charge on any atom is -0.000592 e. The van der Waals surface area contributed by atoms with E-state index in [9.17, 15) is 0 Å². The first-order chi connectivity index (χ1) is 5.30. The van der Waals surface area contributed by atoms with Gasteiger partial charge in [0.05, 0.1) is 0 Å². The maximum absolute atomic E-state index is 3.48. The topological polar surface area (TPSA) is 24.1 Å². The summed E-state index contributed by atoms with van der Waals surface area (Å²) in [6.45, 7) is 9.33. The second-order valence-corrected chi connectivity index (χ2v) is 3.77. The van der Waals surface area contributed by atoms with E-state index in [1.54, 1.807) is 0 Å². The molecule has 1 rings (SSSR count). The van der Waals surface area contributed by atoms with Crippen LogP contribution in [0.1, 0.15) is 20.3 Å². The van der Waals surface area contributed by atoms with Gasteiger partial charge in [0.2, 0.25) is 0 Å². The van der Waals surface area contributed by atoms with Crippen LogP contribution in [0.15, 0.2) is 0 Å². The summed E-state index contributed by atoms with van der Waals surface area (Å²) in [4.78, 5) is 0. The number of nitrogens with one attached hydrogen (secondary N) is 2. The van der Waals surface area contributed by atoms with Gasteiger partial charge in [0.25, 0.3) is 0 Å². The second-order valence-electron chi connectivity index (χ2n) is 3.77. The molecule has 0 amide bonds. The van der Waals surface area contributed by atoms with E-state index < -0.39 is 0 Å². The van der Waals surface area contributed by atoms with Gasteiger partial charge in [-0.05, 0) is 44.4 Å². The molecule has 0 spiro atoms. The molecule has 0 unspecified atom stereocenters. The van der Waals surface area contributed by atoms with Crippen molar-refractivity contribution in [3.8, 4) is 0 Å². The Labute approximate surface area is 69.8 Å². The summed E-state index contributed by atoms with van der Waals surface area (Å²) in [6, 6.07) is 0. The van der Waals surface area contributed by atoms with Crippen molar-refractivity contribution >= 4 is 0 Å². The van der Waals surface area contributed by atoms with E-state index in [2.05, 4.69) is 24.5 Å². The Hall–Kier alpha value is -0.0800. The van der Waals surface area contributed by atoms with E-state index in [4.69, 9.17) is 0 Å². The van der Waals surface area contributed by atoms with E-state index in [1.165, 1.54) is 32.6 Å². The third-order valence-electron chi connectivity index (χ3n) is 2.46. The Morgan fingerprint density at radius 3 is 2.09 bits per heavy atom. The van der Waals surface area contributed by atoms with E-state index in [0.29, 0.717) is 0 Å². The van der Waals surface area contributed by atoms with Crippen molar-refractivity contribution in [3.63, 3.8) is 0 Å². The lowest BCUT2D eigenvalue weighted by molar-refractivity contribution is 0.328. The average Bonchev–Trinajstić information content (AvgIpc) is 1.84. The highest BCUT2D eigenvalue weighted by molar-refractivity contribution is 4.71. The molecule has 2 N–H and O–H groups in total. The van der Waals surface area contributed by atoms with E-state index in [1.807, 2.05) is 0 Å². The van der Waals surface area contributed by atoms with Gasteiger partial charge in [-0.2, -0.15) is 0 Å². The first kappa shape index (κ1) is 9.01. The quantitative estimate of drug-likeness (QED) is 0.588. The van der Waals surface area contributed by atoms with Gasteiger partial charge in [-0.15, -0.1) is 0 Å². The molecule has 0 aromatic carbocycles. The zero-order valence-corrected chi connectivity index (χ0v) is 7.69. The fourth-order valence-corrected chi connectivity index (χ4v) is 1.46. The molecule has 0 atom stereocenters. The van der Waals surface area contributed by atoms with Crippen LogP contribution in [0.2, 0.25) is 0 Å². The van der Waals surface area contributed by atoms with Crippen molar-refractivity contribution in [2.24, 2.45) is 11.8 Å². The van der Waals surface area contributed by atoms with Crippen LogP contribution in [0, 0.1) is 11.8 Å². The molecule has 0 aliphatic carbocycles. The molecule has 0 radical (unpaired) electrons. The largest absolute Gasteiger partial charge is 0.316 e. The molecular formula is C9H20N2. The molecule has 1 fully saturated rings. The molecule has 1 aliphatic heterocycles. The summed E-state index contributed by atoms with van der Waals surface area (Å²) < 4.78 is 0. The molecule has 66 valence electrons. The first-order valence-corrected chi connectivity index (χ1v) is 4.72. The Bertz CT molecular complexity index is 93.7. The Balaban J connectivity index is 2.26. The van der Waals surface area contributed by atoms with Gasteiger partial charge in [0.15, 0.2) is 0 Å². The molecule has 2 heteroatoms. The molecule has 1 heterocycles. The Morgan fingerprint density at radius 1 is 1.09 bits per heavy atom. The minimum atomic E-state index is 0.799. The second kappa shape index (κ2) is 4.73. The van der Waals surface area contributed by atoms with Crippen molar-refractivity contribution in [1.82, 2.24) is 10.6 Å². The molecule has 0 aromatic heterocycles. The highest BCUT2D eigenvalue weighted by atomic mass is 14.9. The highest BCUT2D eigenvalue weighted by Gasteiger charge is 2.13. The third-order valence-corrected chi connectivity index (χ3v) is 2.46. The van der Waals surface area contributed by atoms with Crippen LogP contribution in [-0.4, -0.2) is 26.2 Å². The molecule has 1 aliphatic rings. The lowest BCUT2D eigenvalue weighted by atomic mass is 9.95. The van der Waals surface area contributed by atoms with Crippen molar-refractivity contribution in [3.05, 3.63) is 0 Å². The molecule has 11 heavy (non-hydrogen) atoms. The fraction of sp³-hybridized carbons (Fsp3) is 1.00. The van der Waals surface area contributed by atoms with Crippen molar-refractivity contribution < 1.29 is 0 Å². The summed E-state index contributed by atoms with van der Waals surface area (Å²) in [5.41, 5.74) is 0. The predicted molar refractivity (Wildman–Crippen MR) is 48.7 cm³/mol. The number of hydrogen-bond acceptors (Lipinski definition) is 2. The van der Waals surface area contributed by atoms with Gasteiger partial charge in [-0.25, -0.2) is 0 Å². The van der Waals surface area contributed by atoms with Crippen LogP contribution in [-0.2, 0) is 0 Å². The molecule has 0 bridgehead atoms. The van der Waals surface area contributed by atoms with Gasteiger partial charge >= 0.3 is 0 Å². The summed E-state index contributed by atoms with van der Waals surface area (Å²) in [5.74, 6) is 1.61. The molecule has 2 nitrogen and oxygen atoms in total. The summed E-state index contributed by atoms with van der Waals surface area (Å²) in [7, 11) is 0. The molecule has 0 aromatic rings. The summed E-state index contributed by atoms with van der Waals surface area (Å²) in [5, 5.41) is 6.96. The van der Waals surface area contributed by atoms with Crippen molar-refractivity contribution in [2.45, 2.75) is 20.3 Å². The third kappa shape index (κ3) is 3.21. The standard InChI is InChI=1S/C9H20N2/c1-8(2)9-6-10-4-3-5-11-7-9/h8-11H,3-7H2,1-2H3. The smallest absolute Gasteiger partial charge is 0.000592 e. The van der Waals surface area contributed by atoms with E-state index in [-0.39, 0.29) is 0 Å². The van der Waals surface area contributed by atoms with E-state index >= 15 is 0 Å². The lowest BCUT2D eigenvalue weighted by Gasteiger charge is -2.24. The average molecular weight is 156 g/mol. The van der Waals surface area contributed by atoms with Gasteiger partial charge in [0, 0.05) is 0 Å². The minimum Gasteiger partial charge on any atom is -0.316 e. The van der Waals surface area contributed by atoms with Crippen molar-refractivity contribution in [2.75, 3.05) is 26.2 Å². The van der Waals surface area contributed by atoms with Crippen LogP contribution in [0.25, 0.3) is 0 Å². The summed E-state index contributed by atoms with van der Waals surface area (Å²) in [6.07, 6.45) is 1.27. The van der Waals surface area contributed by atoms with Crippen LogP contribution < -0.4 is 10.6 Å². The lowest BCUT2D eigenvalue weighted by Crippen LogP contribution is -2.38. The van der Waals surface area contributed by atoms with Crippen LogP contribution in [0.3, 0.4) is 0 Å². The zero-order chi connectivity index (χ0) is 8.10. The van der Waals surface area contributed by atoms with Gasteiger partial charge in [-0.1, -0.05) is 13.8 Å². The Kier molecular flexibility index (Phi) is 3.87. The summed E-state index contributed by atoms with van der Waals surface area (Å²) >= 11 is 0. The maximum atomic E-state index is 3.48. The monoisotopic (exact) mass is 156 g/mol. The van der Waals surface area contributed by atoms with Gasteiger partial charge < -0.3 is 10.6 Å². The van der Waals surface area contributed by atoms with Crippen LogP contribution >= 0.6 is 0 Å². The SMILES string of the molecule is CC(C)C1CNCCCNC1. The molecule has 0 saturated carbocycles.